The molecule has 1 atom stereocenters. The summed E-state index contributed by atoms with van der Waals surface area (Å²) in [4.78, 5) is 12.5. The van der Waals surface area contributed by atoms with E-state index in [4.69, 9.17) is 4.74 Å². The molecule has 31 heavy (non-hydrogen) atoms. The number of nitrogens with one attached hydrogen (secondary N) is 1. The van der Waals surface area contributed by atoms with Crippen LogP contribution in [-0.4, -0.2) is 32.5 Å². The SMILES string of the molecule is C=CCn1c(SCC(=O)NC2CCCCCC2)nnc1C(C)Oc1ccc(C)cc1C. The Bertz CT molecular complexity index is 888. The highest BCUT2D eigenvalue weighted by Gasteiger charge is 2.21. The van der Waals surface area contributed by atoms with Gasteiger partial charge < -0.3 is 10.1 Å². The van der Waals surface area contributed by atoms with Crippen LogP contribution in [0.25, 0.3) is 0 Å². The molecular weight excluding hydrogens is 408 g/mol. The fourth-order valence-electron chi connectivity index (χ4n) is 4.01. The van der Waals surface area contributed by atoms with Crippen molar-refractivity contribution in [2.45, 2.75) is 83.1 Å². The van der Waals surface area contributed by atoms with Crippen molar-refractivity contribution in [1.82, 2.24) is 20.1 Å². The van der Waals surface area contributed by atoms with Gasteiger partial charge in [0, 0.05) is 12.6 Å². The zero-order valence-corrected chi connectivity index (χ0v) is 19.7. The van der Waals surface area contributed by atoms with E-state index in [1.54, 1.807) is 0 Å². The third-order valence-electron chi connectivity index (χ3n) is 5.61. The molecule has 1 aliphatic carbocycles. The van der Waals surface area contributed by atoms with Crippen LogP contribution in [0, 0.1) is 13.8 Å². The molecule has 0 spiro atoms. The lowest BCUT2D eigenvalue weighted by Crippen LogP contribution is -2.35. The lowest BCUT2D eigenvalue weighted by molar-refractivity contribution is -0.119. The minimum atomic E-state index is -0.275. The molecule has 1 heterocycles. The lowest BCUT2D eigenvalue weighted by atomic mass is 10.1. The maximum atomic E-state index is 12.5. The summed E-state index contributed by atoms with van der Waals surface area (Å²) in [5.41, 5.74) is 2.29. The summed E-state index contributed by atoms with van der Waals surface area (Å²) in [6, 6.07) is 6.44. The number of aromatic nitrogens is 3. The summed E-state index contributed by atoms with van der Waals surface area (Å²) in [7, 11) is 0. The quantitative estimate of drug-likeness (QED) is 0.330. The topological polar surface area (TPSA) is 69.0 Å². The van der Waals surface area contributed by atoms with Gasteiger partial charge in [-0.05, 0) is 45.2 Å². The van der Waals surface area contributed by atoms with Crippen LogP contribution in [0.5, 0.6) is 5.75 Å². The van der Waals surface area contributed by atoms with Crippen molar-refractivity contribution in [2.24, 2.45) is 0 Å². The van der Waals surface area contributed by atoms with Crippen molar-refractivity contribution in [3.05, 3.63) is 47.8 Å². The summed E-state index contributed by atoms with van der Waals surface area (Å²) >= 11 is 1.41. The summed E-state index contributed by atoms with van der Waals surface area (Å²) in [6.45, 7) is 10.5. The Morgan fingerprint density at radius 1 is 1.29 bits per heavy atom. The molecule has 6 nitrogen and oxygen atoms in total. The molecule has 3 rings (SSSR count). The molecule has 1 aliphatic rings. The number of amides is 1. The van der Waals surface area contributed by atoms with Gasteiger partial charge in [0.25, 0.3) is 0 Å². The van der Waals surface area contributed by atoms with Crippen molar-refractivity contribution >= 4 is 17.7 Å². The molecule has 0 radical (unpaired) electrons. The second kappa shape index (κ2) is 11.4. The number of hydrogen-bond donors (Lipinski definition) is 1. The van der Waals surface area contributed by atoms with Gasteiger partial charge in [-0.25, -0.2) is 0 Å². The van der Waals surface area contributed by atoms with E-state index < -0.39 is 0 Å². The Morgan fingerprint density at radius 2 is 2.03 bits per heavy atom. The van der Waals surface area contributed by atoms with Crippen molar-refractivity contribution in [3.8, 4) is 5.75 Å². The molecule has 1 unspecified atom stereocenters. The smallest absolute Gasteiger partial charge is 0.230 e. The number of nitrogens with zero attached hydrogens (tertiary/aromatic N) is 3. The van der Waals surface area contributed by atoms with E-state index in [0.29, 0.717) is 23.5 Å². The van der Waals surface area contributed by atoms with Crippen molar-refractivity contribution in [2.75, 3.05) is 5.75 Å². The molecule has 1 N–H and O–H groups in total. The van der Waals surface area contributed by atoms with E-state index in [2.05, 4.69) is 35.1 Å². The normalized spacial score (nSPS) is 15.8. The molecule has 0 bridgehead atoms. The van der Waals surface area contributed by atoms with E-state index >= 15 is 0 Å². The average molecular weight is 443 g/mol. The van der Waals surface area contributed by atoms with Crippen LogP contribution in [0.1, 0.15) is 68.5 Å². The molecule has 1 aromatic carbocycles. The Hall–Kier alpha value is -2.28. The third kappa shape index (κ3) is 6.60. The first-order chi connectivity index (χ1) is 15.0. The molecule has 7 heteroatoms. The van der Waals surface area contributed by atoms with E-state index in [1.807, 2.05) is 36.6 Å². The molecule has 168 valence electrons. The zero-order chi connectivity index (χ0) is 22.2. The average Bonchev–Trinajstić information content (AvgIpc) is 2.95. The number of rotatable bonds is 9. The van der Waals surface area contributed by atoms with Crippen molar-refractivity contribution in [1.29, 1.82) is 0 Å². The van der Waals surface area contributed by atoms with Crippen molar-refractivity contribution < 1.29 is 9.53 Å². The molecule has 1 aromatic heterocycles. The number of hydrogen-bond acceptors (Lipinski definition) is 5. The maximum Gasteiger partial charge on any atom is 0.230 e. The van der Waals surface area contributed by atoms with Gasteiger partial charge in [-0.3, -0.25) is 9.36 Å². The van der Waals surface area contributed by atoms with Gasteiger partial charge in [0.1, 0.15) is 5.75 Å². The van der Waals surface area contributed by atoms with Gasteiger partial charge >= 0.3 is 0 Å². The highest BCUT2D eigenvalue weighted by atomic mass is 32.2. The second-order valence-corrected chi connectivity index (χ2v) is 9.26. The highest BCUT2D eigenvalue weighted by molar-refractivity contribution is 7.99. The molecular formula is C24H34N4O2S. The van der Waals surface area contributed by atoms with Crippen LogP contribution in [0.4, 0.5) is 0 Å². The summed E-state index contributed by atoms with van der Waals surface area (Å²) in [5, 5.41) is 12.6. The second-order valence-electron chi connectivity index (χ2n) is 8.31. The minimum absolute atomic E-state index is 0.0613. The fraction of sp³-hybridized carbons (Fsp3) is 0.542. The van der Waals surface area contributed by atoms with Gasteiger partial charge in [-0.15, -0.1) is 16.8 Å². The zero-order valence-electron chi connectivity index (χ0n) is 18.9. The van der Waals surface area contributed by atoms with Gasteiger partial charge in [0.05, 0.1) is 5.75 Å². The van der Waals surface area contributed by atoms with Crippen LogP contribution in [-0.2, 0) is 11.3 Å². The number of thioether (sulfide) groups is 1. The van der Waals surface area contributed by atoms with Gasteiger partial charge in [-0.2, -0.15) is 0 Å². The van der Waals surface area contributed by atoms with Gasteiger partial charge in [0.2, 0.25) is 5.91 Å². The van der Waals surface area contributed by atoms with E-state index in [-0.39, 0.29) is 12.0 Å². The predicted octanol–water partition coefficient (Wildman–Crippen LogP) is 5.15. The first-order valence-electron chi connectivity index (χ1n) is 11.2. The maximum absolute atomic E-state index is 12.5. The summed E-state index contributed by atoms with van der Waals surface area (Å²) in [5.74, 6) is 1.96. The Morgan fingerprint density at radius 3 is 2.71 bits per heavy atom. The Labute approximate surface area is 189 Å². The summed E-state index contributed by atoms with van der Waals surface area (Å²) < 4.78 is 8.16. The fourth-order valence-corrected chi connectivity index (χ4v) is 4.77. The van der Waals surface area contributed by atoms with E-state index in [0.717, 1.165) is 30.0 Å². The first kappa shape index (κ1) is 23.4. The first-order valence-corrected chi connectivity index (χ1v) is 12.2. The lowest BCUT2D eigenvalue weighted by Gasteiger charge is -2.18. The van der Waals surface area contributed by atoms with Gasteiger partial charge in [-0.1, -0.05) is 61.2 Å². The number of carbonyl (C=O) groups excluding carboxylic acids is 1. The van der Waals surface area contributed by atoms with Crippen LogP contribution >= 0.6 is 11.8 Å². The predicted molar refractivity (Wildman–Crippen MR) is 126 cm³/mol. The number of ether oxygens (including phenoxy) is 1. The van der Waals surface area contributed by atoms with Gasteiger partial charge in [0.15, 0.2) is 17.1 Å². The molecule has 1 saturated carbocycles. The molecule has 1 amide bonds. The molecule has 1 fully saturated rings. The standard InChI is InChI=1S/C24H34N4O2S/c1-5-14-28-23(19(4)30-21-13-12-17(2)15-18(21)3)26-27-24(28)31-16-22(29)25-20-10-8-6-7-9-11-20/h5,12-13,15,19-20H,1,6-11,14,16H2,2-4H3,(H,25,29). The number of carbonyl (C=O) groups is 1. The highest BCUT2D eigenvalue weighted by Crippen LogP contribution is 2.27. The summed E-state index contributed by atoms with van der Waals surface area (Å²) in [6.07, 6.45) is 8.66. The van der Waals surface area contributed by atoms with E-state index in [9.17, 15) is 4.79 Å². The Balaban J connectivity index is 1.63. The minimum Gasteiger partial charge on any atom is -0.482 e. The molecule has 0 aliphatic heterocycles. The molecule has 2 aromatic rings. The number of allylic oxidation sites excluding steroid dienone is 1. The van der Waals surface area contributed by atoms with Crippen LogP contribution in [0.15, 0.2) is 36.0 Å². The third-order valence-corrected chi connectivity index (χ3v) is 6.57. The Kier molecular flexibility index (Phi) is 8.58. The molecule has 0 saturated heterocycles. The monoisotopic (exact) mass is 442 g/mol. The van der Waals surface area contributed by atoms with Crippen LogP contribution < -0.4 is 10.1 Å². The van der Waals surface area contributed by atoms with E-state index in [1.165, 1.54) is 43.0 Å². The van der Waals surface area contributed by atoms with Crippen molar-refractivity contribution in [3.63, 3.8) is 0 Å². The number of aryl methyl sites for hydroxylation is 2. The van der Waals surface area contributed by atoms with Crippen LogP contribution in [0.3, 0.4) is 0 Å². The van der Waals surface area contributed by atoms with Crippen LogP contribution in [0.2, 0.25) is 0 Å². The largest absolute Gasteiger partial charge is 0.482 e. The number of benzene rings is 1.